The maximum Gasteiger partial charge on any atom is 0.326 e. The van der Waals surface area contributed by atoms with E-state index in [9.17, 15) is 9.59 Å². The third-order valence-electron chi connectivity index (χ3n) is 2.34. The minimum atomic E-state index is -0.503. The van der Waals surface area contributed by atoms with Crippen molar-refractivity contribution in [2.75, 3.05) is 0 Å². The summed E-state index contributed by atoms with van der Waals surface area (Å²) in [4.78, 5) is 27.7. The van der Waals surface area contributed by atoms with Crippen LogP contribution in [0.2, 0.25) is 0 Å². The van der Waals surface area contributed by atoms with Gasteiger partial charge in [-0.25, -0.2) is 9.31 Å². The van der Waals surface area contributed by atoms with Gasteiger partial charge in [0.25, 0.3) is 5.56 Å². The van der Waals surface area contributed by atoms with Crippen LogP contribution < -0.4 is 11.2 Å². The van der Waals surface area contributed by atoms with Crippen LogP contribution in [0.4, 0.5) is 0 Å². The summed E-state index contributed by atoms with van der Waals surface area (Å²) < 4.78 is 2.47. The Hall–Kier alpha value is -1.64. The highest BCUT2D eigenvalue weighted by Gasteiger charge is 2.09. The standard InChI is InChI=1S/C9H5IN4O2/c10-6-3-4-7(5-1-2-11-14(5)6)8(15)13-9(16)12-4/h1-3H,(H2,12,13,15,16). The molecule has 0 saturated heterocycles. The first-order chi connectivity index (χ1) is 7.66. The normalized spacial score (nSPS) is 11.3. The molecule has 0 spiro atoms. The lowest BCUT2D eigenvalue weighted by Crippen LogP contribution is -2.22. The molecule has 3 aromatic rings. The first-order valence-corrected chi connectivity index (χ1v) is 5.53. The van der Waals surface area contributed by atoms with Crippen LogP contribution in [0.3, 0.4) is 0 Å². The summed E-state index contributed by atoms with van der Waals surface area (Å²) in [5.74, 6) is 0. The van der Waals surface area contributed by atoms with E-state index in [-0.39, 0.29) is 0 Å². The maximum atomic E-state index is 11.7. The summed E-state index contributed by atoms with van der Waals surface area (Å²) in [7, 11) is 0. The smallest absolute Gasteiger partial charge is 0.307 e. The van der Waals surface area contributed by atoms with Crippen LogP contribution in [-0.4, -0.2) is 19.6 Å². The van der Waals surface area contributed by atoms with Crippen LogP contribution in [-0.2, 0) is 0 Å². The van der Waals surface area contributed by atoms with Crippen LogP contribution in [0.25, 0.3) is 16.4 Å². The SMILES string of the molecule is O=c1[nH]c(=O)c2c(cc(I)n3nccc23)[nH]1. The number of aromatic amines is 2. The summed E-state index contributed by atoms with van der Waals surface area (Å²) >= 11 is 2.09. The molecule has 6 nitrogen and oxygen atoms in total. The zero-order valence-electron chi connectivity index (χ0n) is 7.82. The van der Waals surface area contributed by atoms with Crippen molar-refractivity contribution in [2.45, 2.75) is 0 Å². The molecular weight excluding hydrogens is 323 g/mol. The zero-order valence-corrected chi connectivity index (χ0v) is 9.98. The van der Waals surface area contributed by atoms with Crippen LogP contribution in [0.5, 0.6) is 0 Å². The fraction of sp³-hybridized carbons (Fsp3) is 0. The number of nitrogens with one attached hydrogen (secondary N) is 2. The van der Waals surface area contributed by atoms with Crippen molar-refractivity contribution >= 4 is 39.0 Å². The van der Waals surface area contributed by atoms with Crippen molar-refractivity contribution < 1.29 is 0 Å². The molecule has 16 heavy (non-hydrogen) atoms. The van der Waals surface area contributed by atoms with Crippen molar-refractivity contribution in [3.05, 3.63) is 42.9 Å². The molecule has 0 fully saturated rings. The van der Waals surface area contributed by atoms with E-state index >= 15 is 0 Å². The number of fused-ring (bicyclic) bond motifs is 3. The number of pyridine rings is 1. The first kappa shape index (κ1) is 9.58. The van der Waals surface area contributed by atoms with Crippen LogP contribution in [0.1, 0.15) is 0 Å². The second-order valence-electron chi connectivity index (χ2n) is 3.29. The predicted octanol–water partition coefficient (Wildman–Crippen LogP) is 0.469. The average Bonchev–Trinajstić information content (AvgIpc) is 2.65. The van der Waals surface area contributed by atoms with Gasteiger partial charge in [0.15, 0.2) is 0 Å². The number of halogens is 1. The molecule has 0 aromatic carbocycles. The maximum absolute atomic E-state index is 11.7. The van der Waals surface area contributed by atoms with Gasteiger partial charge in [-0.15, -0.1) is 0 Å². The highest BCUT2D eigenvalue weighted by molar-refractivity contribution is 14.1. The molecule has 0 radical (unpaired) electrons. The second kappa shape index (κ2) is 3.17. The molecule has 80 valence electrons. The van der Waals surface area contributed by atoms with Gasteiger partial charge in [-0.3, -0.25) is 9.78 Å². The monoisotopic (exact) mass is 328 g/mol. The summed E-state index contributed by atoms with van der Waals surface area (Å²) in [6, 6.07) is 3.45. The minimum Gasteiger partial charge on any atom is -0.307 e. The lowest BCUT2D eigenvalue weighted by atomic mass is 10.2. The van der Waals surface area contributed by atoms with E-state index in [0.29, 0.717) is 16.4 Å². The molecule has 0 atom stereocenters. The van der Waals surface area contributed by atoms with Gasteiger partial charge < -0.3 is 4.98 Å². The molecule has 0 aliphatic carbocycles. The lowest BCUT2D eigenvalue weighted by molar-refractivity contribution is 0.933. The van der Waals surface area contributed by atoms with Gasteiger partial charge in [0.1, 0.15) is 3.70 Å². The summed E-state index contributed by atoms with van der Waals surface area (Å²) in [6.45, 7) is 0. The summed E-state index contributed by atoms with van der Waals surface area (Å²) in [5, 5.41) is 4.54. The fourth-order valence-corrected chi connectivity index (χ4v) is 2.41. The zero-order chi connectivity index (χ0) is 11.3. The Balaban J connectivity index is 2.75. The van der Waals surface area contributed by atoms with Gasteiger partial charge in [0.05, 0.1) is 22.6 Å². The molecule has 3 aromatic heterocycles. The van der Waals surface area contributed by atoms with Crippen molar-refractivity contribution in [3.63, 3.8) is 0 Å². The topological polar surface area (TPSA) is 83.0 Å². The van der Waals surface area contributed by atoms with E-state index in [2.05, 4.69) is 37.7 Å². The Kier molecular flexibility index (Phi) is 1.90. The average molecular weight is 328 g/mol. The van der Waals surface area contributed by atoms with Gasteiger partial charge in [0, 0.05) is 0 Å². The number of hydrogen-bond acceptors (Lipinski definition) is 3. The van der Waals surface area contributed by atoms with E-state index in [4.69, 9.17) is 0 Å². The number of H-pyrrole nitrogens is 2. The van der Waals surface area contributed by atoms with Crippen LogP contribution >= 0.6 is 22.6 Å². The van der Waals surface area contributed by atoms with Crippen molar-refractivity contribution in [3.8, 4) is 0 Å². The molecule has 2 N–H and O–H groups in total. The van der Waals surface area contributed by atoms with E-state index in [0.717, 1.165) is 3.70 Å². The second-order valence-corrected chi connectivity index (χ2v) is 4.40. The Morgan fingerprint density at radius 2 is 2.12 bits per heavy atom. The Bertz CT molecular complexity index is 814. The third-order valence-corrected chi connectivity index (χ3v) is 3.10. The molecular formula is C9H5IN4O2. The van der Waals surface area contributed by atoms with Crippen LogP contribution in [0, 0.1) is 3.70 Å². The largest absolute Gasteiger partial charge is 0.326 e. The molecule has 0 amide bonds. The number of hydrogen-bond donors (Lipinski definition) is 2. The molecule has 0 bridgehead atoms. The van der Waals surface area contributed by atoms with Crippen molar-refractivity contribution in [1.82, 2.24) is 19.6 Å². The van der Waals surface area contributed by atoms with E-state index in [1.165, 1.54) is 0 Å². The molecule has 3 rings (SSSR count). The lowest BCUT2D eigenvalue weighted by Gasteiger charge is -2.01. The Morgan fingerprint density at radius 3 is 2.94 bits per heavy atom. The van der Waals surface area contributed by atoms with Gasteiger partial charge in [-0.1, -0.05) is 0 Å². The van der Waals surface area contributed by atoms with E-state index in [1.54, 1.807) is 22.8 Å². The van der Waals surface area contributed by atoms with E-state index in [1.807, 2.05) is 0 Å². The first-order valence-electron chi connectivity index (χ1n) is 4.45. The quantitative estimate of drug-likeness (QED) is 0.465. The Labute approximate surface area is 101 Å². The molecule has 0 aliphatic heterocycles. The number of rotatable bonds is 0. The van der Waals surface area contributed by atoms with Crippen molar-refractivity contribution in [1.29, 1.82) is 0 Å². The molecule has 0 unspecified atom stereocenters. The van der Waals surface area contributed by atoms with E-state index < -0.39 is 11.2 Å². The van der Waals surface area contributed by atoms with Gasteiger partial charge in [-0.2, -0.15) is 5.10 Å². The van der Waals surface area contributed by atoms with Gasteiger partial charge in [0.2, 0.25) is 0 Å². The predicted molar refractivity (Wildman–Crippen MR) is 66.7 cm³/mol. The summed E-state index contributed by atoms with van der Waals surface area (Å²) in [6.07, 6.45) is 1.61. The van der Waals surface area contributed by atoms with Gasteiger partial charge >= 0.3 is 5.69 Å². The molecule has 0 aliphatic rings. The highest BCUT2D eigenvalue weighted by Crippen LogP contribution is 2.17. The molecule has 3 heterocycles. The fourth-order valence-electron chi connectivity index (χ4n) is 1.71. The minimum absolute atomic E-state index is 0.402. The molecule has 7 heteroatoms. The third kappa shape index (κ3) is 1.21. The van der Waals surface area contributed by atoms with Crippen molar-refractivity contribution in [2.24, 2.45) is 0 Å². The van der Waals surface area contributed by atoms with Gasteiger partial charge in [-0.05, 0) is 34.7 Å². The Morgan fingerprint density at radius 1 is 1.31 bits per heavy atom. The molecule has 0 saturated carbocycles. The summed E-state index contributed by atoms with van der Waals surface area (Å²) in [5.41, 5.74) is 0.295. The highest BCUT2D eigenvalue weighted by atomic mass is 127. The number of aromatic nitrogens is 4. The number of nitrogens with zero attached hydrogens (tertiary/aromatic N) is 2. The van der Waals surface area contributed by atoms with Crippen LogP contribution in [0.15, 0.2) is 27.9 Å².